The highest BCUT2D eigenvalue weighted by molar-refractivity contribution is 6.04. The van der Waals surface area contributed by atoms with E-state index in [1.165, 1.54) is 12.1 Å². The van der Waals surface area contributed by atoms with E-state index in [0.29, 0.717) is 48.6 Å². The van der Waals surface area contributed by atoms with Crippen molar-refractivity contribution in [3.63, 3.8) is 0 Å². The van der Waals surface area contributed by atoms with Crippen LogP contribution in [0.25, 0.3) is 5.65 Å². The first-order valence-corrected chi connectivity index (χ1v) is 14.6. The summed E-state index contributed by atoms with van der Waals surface area (Å²) in [4.78, 5) is 21.8. The van der Waals surface area contributed by atoms with Gasteiger partial charge in [0.15, 0.2) is 5.65 Å². The summed E-state index contributed by atoms with van der Waals surface area (Å²) >= 11 is 0. The number of aromatic nitrogens is 2. The lowest BCUT2D eigenvalue weighted by Gasteiger charge is -2.33. The molecule has 0 radical (unpaired) electrons. The Morgan fingerprint density at radius 3 is 2.58 bits per heavy atom. The van der Waals surface area contributed by atoms with E-state index in [1.54, 1.807) is 28.8 Å². The van der Waals surface area contributed by atoms with Crippen molar-refractivity contribution in [3.05, 3.63) is 94.4 Å². The first-order valence-electron chi connectivity index (χ1n) is 14.6. The number of nitrogens with zero attached hydrogens (tertiary/aromatic N) is 4. The molecule has 1 aliphatic heterocycles. The van der Waals surface area contributed by atoms with E-state index in [4.69, 9.17) is 11.1 Å². The molecule has 4 aromatic rings. The number of hydrogen-bond acceptors (Lipinski definition) is 6. The van der Waals surface area contributed by atoms with Crippen LogP contribution in [0.1, 0.15) is 44.7 Å². The molecule has 5 rings (SSSR count). The van der Waals surface area contributed by atoms with E-state index < -0.39 is 17.6 Å². The molecule has 1 saturated heterocycles. The standard InChI is InChI=1S/C33H35F3N8O/c1-22-5-6-24(18-23(22)8-10-27-20-39-31-29(4-3-13-44(27)31)41-30(38)11-12-37)32(45)40-26-9-7-25(28(19-26)33(34,35)36)21-43-16-14-42(2)15-17-43/h3-7,9,13,18-20H,11-12,14-17,21,37H2,1-2H3,(H2,38,41)(H,40,45). The first kappa shape index (κ1) is 31.7. The molecule has 0 spiro atoms. The lowest BCUT2D eigenvalue weighted by atomic mass is 10.0. The monoisotopic (exact) mass is 616 g/mol. The van der Waals surface area contributed by atoms with Crippen LogP contribution in [0.15, 0.2) is 60.9 Å². The van der Waals surface area contributed by atoms with Gasteiger partial charge >= 0.3 is 6.18 Å². The maximum atomic E-state index is 14.0. The number of piperazine rings is 1. The molecule has 0 aliphatic carbocycles. The van der Waals surface area contributed by atoms with Crippen LogP contribution in [0, 0.1) is 24.2 Å². The minimum atomic E-state index is -4.56. The fourth-order valence-corrected chi connectivity index (χ4v) is 5.11. The number of fused-ring (bicyclic) bond motifs is 1. The van der Waals surface area contributed by atoms with Crippen LogP contribution in [-0.2, 0) is 12.7 Å². The summed E-state index contributed by atoms with van der Waals surface area (Å²) in [5, 5.41) is 13.7. The van der Waals surface area contributed by atoms with Gasteiger partial charge < -0.3 is 21.3 Å². The van der Waals surface area contributed by atoms with E-state index in [0.717, 1.165) is 24.7 Å². The summed E-state index contributed by atoms with van der Waals surface area (Å²) in [7, 11) is 1.99. The zero-order valence-corrected chi connectivity index (χ0v) is 25.1. The number of anilines is 2. The normalized spacial score (nSPS) is 14.2. The Bertz CT molecular complexity index is 1780. The molecule has 2 aromatic heterocycles. The Morgan fingerprint density at radius 1 is 1.07 bits per heavy atom. The quantitative estimate of drug-likeness (QED) is 0.135. The van der Waals surface area contributed by atoms with Crippen LogP contribution < -0.4 is 16.4 Å². The average molecular weight is 617 g/mol. The molecule has 2 aromatic carbocycles. The molecule has 12 heteroatoms. The molecule has 3 heterocycles. The van der Waals surface area contributed by atoms with Crippen LogP contribution in [0.4, 0.5) is 24.5 Å². The number of aryl methyl sites for hydroxylation is 1. The van der Waals surface area contributed by atoms with E-state index in [1.807, 2.05) is 37.2 Å². The van der Waals surface area contributed by atoms with Gasteiger partial charge in [-0.1, -0.05) is 18.1 Å². The SMILES string of the molecule is Cc1ccc(C(=O)Nc2ccc(CN3CCN(C)CC3)c(C(F)(F)F)c2)cc1C#Cc1cnc2c(NC(=N)CCN)cccn12. The molecule has 45 heavy (non-hydrogen) atoms. The number of rotatable bonds is 7. The van der Waals surface area contributed by atoms with Gasteiger partial charge in [-0.25, -0.2) is 4.98 Å². The lowest BCUT2D eigenvalue weighted by Crippen LogP contribution is -2.44. The highest BCUT2D eigenvalue weighted by Gasteiger charge is 2.34. The summed E-state index contributed by atoms with van der Waals surface area (Å²) in [5.41, 5.74) is 8.59. The zero-order valence-electron chi connectivity index (χ0n) is 25.1. The van der Waals surface area contributed by atoms with Crippen LogP contribution in [0.5, 0.6) is 0 Å². The number of nitrogens with one attached hydrogen (secondary N) is 3. The summed E-state index contributed by atoms with van der Waals surface area (Å²) < 4.78 is 43.9. The van der Waals surface area contributed by atoms with Gasteiger partial charge in [0.2, 0.25) is 0 Å². The molecule has 0 bridgehead atoms. The summed E-state index contributed by atoms with van der Waals surface area (Å²) in [6, 6.07) is 12.6. The molecular formula is C33H35F3N8O. The van der Waals surface area contributed by atoms with Crippen molar-refractivity contribution in [1.29, 1.82) is 5.41 Å². The smallest absolute Gasteiger partial charge is 0.341 e. The topological polar surface area (TPSA) is 115 Å². The van der Waals surface area contributed by atoms with Gasteiger partial charge in [0.05, 0.1) is 23.3 Å². The minimum Gasteiger partial charge on any atom is -0.341 e. The predicted octanol–water partition coefficient (Wildman–Crippen LogP) is 4.80. The Hall–Kier alpha value is -4.70. The number of benzene rings is 2. The third-order valence-corrected chi connectivity index (χ3v) is 7.70. The molecule has 0 atom stereocenters. The van der Waals surface area contributed by atoms with Crippen molar-refractivity contribution >= 4 is 28.8 Å². The minimum absolute atomic E-state index is 0.0670. The largest absolute Gasteiger partial charge is 0.416 e. The Labute approximate surface area is 259 Å². The second kappa shape index (κ2) is 13.5. The van der Waals surface area contributed by atoms with E-state index in [-0.39, 0.29) is 29.2 Å². The van der Waals surface area contributed by atoms with Crippen molar-refractivity contribution in [2.24, 2.45) is 5.73 Å². The summed E-state index contributed by atoms with van der Waals surface area (Å²) in [6.07, 6.45) is -0.719. The van der Waals surface area contributed by atoms with Crippen molar-refractivity contribution in [1.82, 2.24) is 19.2 Å². The molecule has 0 unspecified atom stereocenters. The van der Waals surface area contributed by atoms with E-state index >= 15 is 0 Å². The summed E-state index contributed by atoms with van der Waals surface area (Å²) in [6.45, 7) is 5.41. The molecule has 234 valence electrons. The number of carbonyl (C=O) groups excluding carboxylic acids is 1. The van der Waals surface area contributed by atoms with Gasteiger partial charge in [-0.3, -0.25) is 19.5 Å². The van der Waals surface area contributed by atoms with E-state index in [2.05, 4.69) is 32.4 Å². The maximum Gasteiger partial charge on any atom is 0.416 e. The van der Waals surface area contributed by atoms with Crippen molar-refractivity contribution < 1.29 is 18.0 Å². The highest BCUT2D eigenvalue weighted by atomic mass is 19.4. The number of amidine groups is 1. The molecule has 0 saturated carbocycles. The summed E-state index contributed by atoms with van der Waals surface area (Å²) in [5.74, 6) is 5.94. The fraction of sp³-hybridized carbons (Fsp3) is 0.303. The van der Waals surface area contributed by atoms with Gasteiger partial charge in [0, 0.05) is 62.2 Å². The van der Waals surface area contributed by atoms with Crippen molar-refractivity contribution in [2.75, 3.05) is 50.4 Å². The molecule has 5 N–H and O–H groups in total. The molecule has 1 amide bonds. The van der Waals surface area contributed by atoms with Crippen LogP contribution in [0.3, 0.4) is 0 Å². The number of hydrogen-bond donors (Lipinski definition) is 4. The lowest BCUT2D eigenvalue weighted by molar-refractivity contribution is -0.138. The predicted molar refractivity (Wildman–Crippen MR) is 170 cm³/mol. The van der Waals surface area contributed by atoms with Crippen LogP contribution in [0.2, 0.25) is 0 Å². The van der Waals surface area contributed by atoms with Gasteiger partial charge in [0.25, 0.3) is 5.91 Å². The third kappa shape index (κ3) is 7.69. The Kier molecular flexibility index (Phi) is 9.53. The third-order valence-electron chi connectivity index (χ3n) is 7.70. The number of amides is 1. The molecular weight excluding hydrogens is 581 g/mol. The molecule has 9 nitrogen and oxygen atoms in total. The Balaban J connectivity index is 1.34. The van der Waals surface area contributed by atoms with Crippen molar-refractivity contribution in [3.8, 4) is 11.8 Å². The molecule has 1 fully saturated rings. The Morgan fingerprint density at radius 2 is 1.84 bits per heavy atom. The average Bonchev–Trinajstić information content (AvgIpc) is 3.42. The number of carbonyl (C=O) groups is 1. The van der Waals surface area contributed by atoms with E-state index in [9.17, 15) is 18.0 Å². The highest BCUT2D eigenvalue weighted by Crippen LogP contribution is 2.35. The van der Waals surface area contributed by atoms with Gasteiger partial charge in [-0.05, 0) is 74.0 Å². The van der Waals surface area contributed by atoms with Gasteiger partial charge in [-0.15, -0.1) is 0 Å². The number of pyridine rings is 1. The maximum absolute atomic E-state index is 14.0. The fourth-order valence-electron chi connectivity index (χ4n) is 5.11. The van der Waals surface area contributed by atoms with Crippen molar-refractivity contribution in [2.45, 2.75) is 26.1 Å². The number of nitrogens with two attached hydrogens (primary N) is 1. The van der Waals surface area contributed by atoms with Gasteiger partial charge in [0.1, 0.15) is 5.69 Å². The van der Waals surface area contributed by atoms with Crippen LogP contribution >= 0.6 is 0 Å². The number of imidazole rings is 1. The molecule has 1 aliphatic rings. The van der Waals surface area contributed by atoms with Gasteiger partial charge in [-0.2, -0.15) is 13.2 Å². The number of halogens is 3. The second-order valence-corrected chi connectivity index (χ2v) is 11.1. The second-order valence-electron chi connectivity index (χ2n) is 11.1. The number of alkyl halides is 3. The van der Waals surface area contributed by atoms with Crippen LogP contribution in [-0.4, -0.2) is 70.7 Å². The first-order chi connectivity index (χ1) is 21.5. The number of likely N-dealkylation sites (N-methyl/N-ethyl adjacent to an activating group) is 1. The zero-order chi connectivity index (χ0) is 32.1.